The average Bonchev–Trinajstić information content (AvgIpc) is 2.78. The van der Waals surface area contributed by atoms with E-state index in [2.05, 4.69) is 22.5 Å². The summed E-state index contributed by atoms with van der Waals surface area (Å²) in [5, 5.41) is 8.98. The molecule has 0 amide bonds. The number of aromatic nitrogens is 2. The lowest BCUT2D eigenvalue weighted by atomic mass is 10.1. The zero-order valence-electron chi connectivity index (χ0n) is 11.9. The highest BCUT2D eigenvalue weighted by Crippen LogP contribution is 2.27. The molecule has 20 heavy (non-hydrogen) atoms. The molecule has 0 bridgehead atoms. The Bertz CT molecular complexity index is 642. The van der Waals surface area contributed by atoms with Gasteiger partial charge in [-0.05, 0) is 25.0 Å². The lowest BCUT2D eigenvalue weighted by Crippen LogP contribution is -2.15. The first-order valence-electron chi connectivity index (χ1n) is 6.60. The van der Waals surface area contributed by atoms with Crippen LogP contribution in [0.15, 0.2) is 18.2 Å². The summed E-state index contributed by atoms with van der Waals surface area (Å²) in [5.41, 5.74) is 2.26. The minimum atomic E-state index is -0.205. The predicted octanol–water partition coefficient (Wildman–Crippen LogP) is 3.49. The number of methoxy groups -OCH3 is 1. The normalized spacial score (nSPS) is 14.2. The van der Waals surface area contributed by atoms with Crippen molar-refractivity contribution in [2.24, 2.45) is 5.92 Å². The van der Waals surface area contributed by atoms with Gasteiger partial charge in [-0.2, -0.15) is 5.26 Å². The molecule has 0 aliphatic carbocycles. The Morgan fingerprint density at radius 2 is 2.20 bits per heavy atom. The number of benzene rings is 1. The van der Waals surface area contributed by atoms with Crippen LogP contribution in [0.25, 0.3) is 11.0 Å². The molecule has 0 N–H and O–H groups in total. The summed E-state index contributed by atoms with van der Waals surface area (Å²) >= 11 is 6.24. The standard InChI is InChI=1S/C15H18ClN3O/c1-10(9-20-3)8-19-13-6-4-5-12(7-17)14(13)18-15(19)11(2)16/h4-6,10-11H,8-9H2,1-3H3. The first-order chi connectivity index (χ1) is 9.58. The number of halogens is 1. The molecule has 0 radical (unpaired) electrons. The maximum atomic E-state index is 9.19. The molecule has 0 spiro atoms. The number of para-hydroxylation sites is 1. The highest BCUT2D eigenvalue weighted by Gasteiger charge is 2.18. The van der Waals surface area contributed by atoms with Crippen molar-refractivity contribution in [3.8, 4) is 6.07 Å². The van der Waals surface area contributed by atoms with Crippen molar-refractivity contribution in [1.82, 2.24) is 9.55 Å². The van der Waals surface area contributed by atoms with Gasteiger partial charge in [0.1, 0.15) is 17.4 Å². The van der Waals surface area contributed by atoms with Gasteiger partial charge in [-0.3, -0.25) is 0 Å². The molecule has 0 aliphatic heterocycles. The smallest absolute Gasteiger partial charge is 0.127 e. The Morgan fingerprint density at radius 1 is 1.45 bits per heavy atom. The number of nitriles is 1. The van der Waals surface area contributed by atoms with Gasteiger partial charge in [-0.25, -0.2) is 4.98 Å². The topological polar surface area (TPSA) is 50.8 Å². The molecule has 2 atom stereocenters. The van der Waals surface area contributed by atoms with Crippen molar-refractivity contribution in [2.45, 2.75) is 25.8 Å². The first-order valence-corrected chi connectivity index (χ1v) is 7.04. The average molecular weight is 292 g/mol. The second kappa shape index (κ2) is 6.25. The summed E-state index contributed by atoms with van der Waals surface area (Å²) in [6, 6.07) is 7.82. The van der Waals surface area contributed by atoms with Gasteiger partial charge in [-0.15, -0.1) is 11.6 Å². The SMILES string of the molecule is COCC(C)Cn1c(C(C)Cl)nc2c(C#N)cccc21. The van der Waals surface area contributed by atoms with E-state index in [1.807, 2.05) is 19.1 Å². The van der Waals surface area contributed by atoms with Crippen molar-refractivity contribution in [3.05, 3.63) is 29.6 Å². The van der Waals surface area contributed by atoms with Gasteiger partial charge in [0.15, 0.2) is 0 Å². The Hall–Kier alpha value is -1.57. The molecule has 2 rings (SSSR count). The Morgan fingerprint density at radius 3 is 2.80 bits per heavy atom. The van der Waals surface area contributed by atoms with Crippen LogP contribution < -0.4 is 0 Å². The monoisotopic (exact) mass is 291 g/mol. The first kappa shape index (κ1) is 14.8. The fourth-order valence-electron chi connectivity index (χ4n) is 2.40. The van der Waals surface area contributed by atoms with Gasteiger partial charge < -0.3 is 9.30 Å². The Kier molecular flexibility index (Phi) is 4.64. The fourth-order valence-corrected chi connectivity index (χ4v) is 2.57. The molecule has 0 saturated carbocycles. The summed E-state index contributed by atoms with van der Waals surface area (Å²) in [4.78, 5) is 4.56. The van der Waals surface area contributed by atoms with Crippen LogP contribution in [0.4, 0.5) is 0 Å². The van der Waals surface area contributed by atoms with Crippen LogP contribution in [0.3, 0.4) is 0 Å². The van der Waals surface area contributed by atoms with Gasteiger partial charge in [0.2, 0.25) is 0 Å². The van der Waals surface area contributed by atoms with Crippen LogP contribution in [0.2, 0.25) is 0 Å². The van der Waals surface area contributed by atoms with Crippen molar-refractivity contribution in [3.63, 3.8) is 0 Å². The number of ether oxygens (including phenoxy) is 1. The maximum Gasteiger partial charge on any atom is 0.127 e. The minimum absolute atomic E-state index is 0.205. The number of hydrogen-bond acceptors (Lipinski definition) is 3. The second-order valence-corrected chi connectivity index (χ2v) is 5.70. The molecule has 2 unspecified atom stereocenters. The zero-order chi connectivity index (χ0) is 14.7. The third-order valence-corrected chi connectivity index (χ3v) is 3.43. The third kappa shape index (κ3) is 2.79. The number of rotatable bonds is 5. The van der Waals surface area contributed by atoms with E-state index in [1.54, 1.807) is 13.2 Å². The largest absolute Gasteiger partial charge is 0.384 e. The fraction of sp³-hybridized carbons (Fsp3) is 0.467. The minimum Gasteiger partial charge on any atom is -0.384 e. The zero-order valence-corrected chi connectivity index (χ0v) is 12.7. The van der Waals surface area contributed by atoms with E-state index in [4.69, 9.17) is 16.3 Å². The highest BCUT2D eigenvalue weighted by molar-refractivity contribution is 6.20. The predicted molar refractivity (Wildman–Crippen MR) is 79.8 cm³/mol. The molecule has 0 fully saturated rings. The lowest BCUT2D eigenvalue weighted by molar-refractivity contribution is 0.151. The molecule has 1 heterocycles. The van der Waals surface area contributed by atoms with E-state index >= 15 is 0 Å². The number of imidazole rings is 1. The molecule has 0 aliphatic rings. The second-order valence-electron chi connectivity index (χ2n) is 5.04. The molecular formula is C15H18ClN3O. The van der Waals surface area contributed by atoms with E-state index in [1.165, 1.54) is 0 Å². The molecule has 4 nitrogen and oxygen atoms in total. The quantitative estimate of drug-likeness (QED) is 0.792. The summed E-state index contributed by atoms with van der Waals surface area (Å²) in [6.07, 6.45) is 0. The van der Waals surface area contributed by atoms with Crippen LogP contribution in [0, 0.1) is 17.2 Å². The van der Waals surface area contributed by atoms with Crippen LogP contribution in [0.1, 0.15) is 30.6 Å². The van der Waals surface area contributed by atoms with Gasteiger partial charge in [0, 0.05) is 13.7 Å². The van der Waals surface area contributed by atoms with Crippen molar-refractivity contribution < 1.29 is 4.74 Å². The number of alkyl halides is 1. The van der Waals surface area contributed by atoms with Crippen LogP contribution in [0.5, 0.6) is 0 Å². The van der Waals surface area contributed by atoms with Crippen molar-refractivity contribution in [1.29, 1.82) is 5.26 Å². The highest BCUT2D eigenvalue weighted by atomic mass is 35.5. The number of nitrogens with zero attached hydrogens (tertiary/aromatic N) is 3. The number of hydrogen-bond donors (Lipinski definition) is 0. The van der Waals surface area contributed by atoms with Gasteiger partial charge in [0.05, 0.1) is 23.1 Å². The van der Waals surface area contributed by atoms with Crippen LogP contribution >= 0.6 is 11.6 Å². The van der Waals surface area contributed by atoms with E-state index in [0.717, 1.165) is 23.4 Å². The van der Waals surface area contributed by atoms with Crippen molar-refractivity contribution in [2.75, 3.05) is 13.7 Å². The van der Waals surface area contributed by atoms with E-state index in [9.17, 15) is 5.26 Å². The van der Waals surface area contributed by atoms with E-state index < -0.39 is 0 Å². The van der Waals surface area contributed by atoms with E-state index in [0.29, 0.717) is 18.1 Å². The van der Waals surface area contributed by atoms with Crippen LogP contribution in [-0.2, 0) is 11.3 Å². The van der Waals surface area contributed by atoms with Crippen LogP contribution in [-0.4, -0.2) is 23.3 Å². The number of fused-ring (bicyclic) bond motifs is 1. The molecule has 0 saturated heterocycles. The molecular weight excluding hydrogens is 274 g/mol. The van der Waals surface area contributed by atoms with Crippen molar-refractivity contribution >= 4 is 22.6 Å². The Labute approximate surface area is 123 Å². The molecule has 2 aromatic rings. The molecule has 1 aromatic heterocycles. The van der Waals surface area contributed by atoms with E-state index in [-0.39, 0.29) is 5.38 Å². The summed E-state index contributed by atoms with van der Waals surface area (Å²) in [5.74, 6) is 1.14. The van der Waals surface area contributed by atoms with Gasteiger partial charge in [0.25, 0.3) is 0 Å². The molecule has 5 heteroatoms. The van der Waals surface area contributed by atoms with Gasteiger partial charge in [-0.1, -0.05) is 13.0 Å². The summed E-state index contributed by atoms with van der Waals surface area (Å²) in [7, 11) is 1.70. The summed E-state index contributed by atoms with van der Waals surface area (Å²) in [6.45, 7) is 5.46. The molecule has 1 aromatic carbocycles. The summed E-state index contributed by atoms with van der Waals surface area (Å²) < 4.78 is 7.29. The maximum absolute atomic E-state index is 9.19. The van der Waals surface area contributed by atoms with Gasteiger partial charge >= 0.3 is 0 Å². The molecule has 106 valence electrons. The lowest BCUT2D eigenvalue weighted by Gasteiger charge is -2.15. The Balaban J connectivity index is 2.55. The third-order valence-electron chi connectivity index (χ3n) is 3.23.